The van der Waals surface area contributed by atoms with E-state index in [0.717, 1.165) is 23.2 Å². The van der Waals surface area contributed by atoms with Gasteiger partial charge in [-0.05, 0) is 58.5 Å². The molecule has 0 radical (unpaired) electrons. The van der Waals surface area contributed by atoms with Gasteiger partial charge in [0.2, 0.25) is 0 Å². The lowest BCUT2D eigenvalue weighted by atomic mass is 9.79. The Morgan fingerprint density at radius 3 is 2.72 bits per heavy atom. The number of aryl methyl sites for hydroxylation is 1. The lowest BCUT2D eigenvalue weighted by molar-refractivity contribution is 0.0562. The highest BCUT2D eigenvalue weighted by molar-refractivity contribution is 9.10. The summed E-state index contributed by atoms with van der Waals surface area (Å²) in [5.41, 5.74) is 3.11. The van der Waals surface area contributed by atoms with Crippen molar-refractivity contribution in [3.63, 3.8) is 0 Å². The molecule has 0 bridgehead atoms. The number of hydrogen-bond acceptors (Lipinski definition) is 4. The summed E-state index contributed by atoms with van der Waals surface area (Å²) >= 11 is 3.17. The predicted octanol–water partition coefficient (Wildman–Crippen LogP) is 3.45. The summed E-state index contributed by atoms with van der Waals surface area (Å²) in [6.07, 6.45) is 5.29. The lowest BCUT2D eigenvalue weighted by Crippen LogP contribution is -2.27. The Balaban J connectivity index is 0.000000176. The van der Waals surface area contributed by atoms with Gasteiger partial charge < -0.3 is 9.68 Å². The van der Waals surface area contributed by atoms with Gasteiger partial charge in [-0.2, -0.15) is 19.0 Å². The fourth-order valence-electron chi connectivity index (χ4n) is 2.98. The third-order valence-electron chi connectivity index (χ3n) is 4.45. The van der Waals surface area contributed by atoms with Gasteiger partial charge in [0.05, 0.1) is 12.3 Å². The average molecular weight is 471 g/mol. The van der Waals surface area contributed by atoms with Crippen LogP contribution in [0.4, 0.5) is 13.2 Å². The maximum absolute atomic E-state index is 12.7. The number of aromatic nitrogens is 4. The van der Waals surface area contributed by atoms with Crippen molar-refractivity contribution in [2.24, 2.45) is 0 Å². The Morgan fingerprint density at radius 2 is 2.10 bits per heavy atom. The molecule has 2 aromatic heterocycles. The van der Waals surface area contributed by atoms with E-state index in [0.29, 0.717) is 21.2 Å². The number of fused-ring (bicyclic) bond motifs is 1. The zero-order chi connectivity index (χ0) is 21.1. The Hall–Kier alpha value is -2.11. The third kappa shape index (κ3) is 5.09. The fourth-order valence-corrected chi connectivity index (χ4v) is 3.40. The van der Waals surface area contributed by atoms with E-state index in [9.17, 15) is 18.2 Å². The van der Waals surface area contributed by atoms with Crippen LogP contribution in [0.5, 0.6) is 0 Å². The van der Waals surface area contributed by atoms with E-state index in [2.05, 4.69) is 26.1 Å². The van der Waals surface area contributed by atoms with E-state index in [1.807, 2.05) is 13.1 Å². The molecule has 1 aliphatic rings. The molecule has 1 aromatic carbocycles. The highest BCUT2D eigenvalue weighted by Crippen LogP contribution is 2.23. The molecule has 0 saturated carbocycles. The van der Waals surface area contributed by atoms with Gasteiger partial charge in [-0.25, -0.2) is 9.07 Å². The molecule has 11 heteroatoms. The van der Waals surface area contributed by atoms with Crippen LogP contribution >= 0.6 is 15.9 Å². The summed E-state index contributed by atoms with van der Waals surface area (Å²) in [5.74, 6) is -0.293. The molecule has 3 aromatic rings. The van der Waals surface area contributed by atoms with Crippen LogP contribution in [-0.2, 0) is 17.6 Å². The van der Waals surface area contributed by atoms with E-state index in [4.69, 9.17) is 4.65 Å². The summed E-state index contributed by atoms with van der Waals surface area (Å²) in [7, 11) is -0.893. The molecule has 0 amide bonds. The molecule has 4 rings (SSSR count). The maximum Gasteiger partial charge on any atom is 0.491 e. The Bertz CT molecular complexity index is 982. The molecule has 154 valence electrons. The number of rotatable bonds is 4. The molecule has 3 heterocycles. The van der Waals surface area contributed by atoms with Gasteiger partial charge in [-0.1, -0.05) is 6.07 Å². The van der Waals surface area contributed by atoms with Crippen molar-refractivity contribution in [2.45, 2.75) is 39.5 Å². The van der Waals surface area contributed by atoms with Crippen molar-refractivity contribution < 1.29 is 22.8 Å². The normalized spacial score (nSPS) is 15.4. The summed E-state index contributed by atoms with van der Waals surface area (Å²) < 4.78 is 45.5. The van der Waals surface area contributed by atoms with Crippen LogP contribution in [-0.4, -0.2) is 31.7 Å². The Labute approximate surface area is 174 Å². The van der Waals surface area contributed by atoms with E-state index < -0.39 is 13.7 Å². The molecule has 0 aliphatic carbocycles. The van der Waals surface area contributed by atoms with Gasteiger partial charge in [0.15, 0.2) is 0 Å². The highest BCUT2D eigenvalue weighted by atomic mass is 79.9. The zero-order valence-electron chi connectivity index (χ0n) is 15.8. The minimum Gasteiger partial charge on any atom is -0.423 e. The molecule has 0 unspecified atom stereocenters. The number of benzene rings is 1. The predicted molar refractivity (Wildman–Crippen MR) is 105 cm³/mol. The first-order valence-corrected chi connectivity index (χ1v) is 9.73. The van der Waals surface area contributed by atoms with Crippen molar-refractivity contribution in [3.05, 3.63) is 63.9 Å². The van der Waals surface area contributed by atoms with E-state index in [1.54, 1.807) is 23.9 Å². The number of hydrogen-bond donors (Lipinski definition) is 1. The highest BCUT2D eigenvalue weighted by Gasteiger charge is 2.32. The van der Waals surface area contributed by atoms with E-state index in [1.165, 1.54) is 18.3 Å². The zero-order valence-corrected chi connectivity index (χ0v) is 17.4. The van der Waals surface area contributed by atoms with Crippen LogP contribution in [0.3, 0.4) is 0 Å². The van der Waals surface area contributed by atoms with E-state index >= 15 is 0 Å². The van der Waals surface area contributed by atoms with Gasteiger partial charge in [0, 0.05) is 30.9 Å². The maximum atomic E-state index is 12.7. The SMILES string of the molecule is CCn1cc(Cc2cn(C(F)F)nc2Br)cn1.C[C@H]1OB(O)c2ccc(F)cc21. The monoisotopic (exact) mass is 470 g/mol. The van der Waals surface area contributed by atoms with Crippen molar-refractivity contribution in [1.29, 1.82) is 0 Å². The first-order valence-electron chi connectivity index (χ1n) is 8.94. The van der Waals surface area contributed by atoms with Crippen LogP contribution in [0, 0.1) is 5.82 Å². The van der Waals surface area contributed by atoms with Crippen molar-refractivity contribution >= 4 is 28.5 Å². The van der Waals surface area contributed by atoms with Crippen LogP contribution < -0.4 is 5.46 Å². The van der Waals surface area contributed by atoms with Gasteiger partial charge in [0.1, 0.15) is 10.4 Å². The molecule has 0 saturated heterocycles. The standard InChI is InChI=1S/C10H11BrF2N4.C8H8BFO2/c1-2-16-5-7(4-14-16)3-8-6-17(10(12)13)15-9(8)11;1-5-7-4-6(10)2-3-8(7)9(11)12-5/h4-6,10H,2-3H2,1H3;2-5,11H,1H3/t;5-/m.1/s1. The van der Waals surface area contributed by atoms with Crippen molar-refractivity contribution in [1.82, 2.24) is 19.6 Å². The molecule has 6 nitrogen and oxygen atoms in total. The lowest BCUT2D eigenvalue weighted by Gasteiger charge is -2.02. The van der Waals surface area contributed by atoms with Crippen LogP contribution in [0.15, 0.2) is 41.4 Å². The molecular weight excluding hydrogens is 452 g/mol. The molecule has 29 heavy (non-hydrogen) atoms. The molecule has 1 N–H and O–H groups in total. The smallest absolute Gasteiger partial charge is 0.423 e. The van der Waals surface area contributed by atoms with Gasteiger partial charge in [-0.3, -0.25) is 4.68 Å². The second-order valence-corrected chi connectivity index (χ2v) is 7.24. The fraction of sp³-hybridized carbons (Fsp3) is 0.333. The minimum absolute atomic E-state index is 0.217. The summed E-state index contributed by atoms with van der Waals surface area (Å²) in [6.45, 7) is 1.95. The second-order valence-electron chi connectivity index (χ2n) is 6.49. The first-order chi connectivity index (χ1) is 13.8. The second kappa shape index (κ2) is 9.14. The average Bonchev–Trinajstić information content (AvgIpc) is 3.35. The van der Waals surface area contributed by atoms with Gasteiger partial charge >= 0.3 is 13.7 Å². The van der Waals surface area contributed by atoms with Crippen molar-refractivity contribution in [3.8, 4) is 0 Å². The molecule has 1 atom stereocenters. The Morgan fingerprint density at radius 1 is 1.34 bits per heavy atom. The van der Waals surface area contributed by atoms with Gasteiger partial charge in [0.25, 0.3) is 0 Å². The third-order valence-corrected chi connectivity index (χ3v) is 5.12. The van der Waals surface area contributed by atoms with Crippen LogP contribution in [0.25, 0.3) is 0 Å². The number of nitrogens with zero attached hydrogens (tertiary/aromatic N) is 4. The summed E-state index contributed by atoms with van der Waals surface area (Å²) in [4.78, 5) is 0. The Kier molecular flexibility index (Phi) is 6.81. The number of halogens is 4. The van der Waals surface area contributed by atoms with Crippen LogP contribution in [0.1, 0.15) is 43.2 Å². The molecular formula is C18H19BBrF3N4O2. The van der Waals surface area contributed by atoms with Gasteiger partial charge in [-0.15, -0.1) is 0 Å². The summed E-state index contributed by atoms with van der Waals surface area (Å²) in [6, 6.07) is 4.28. The molecule has 0 fully saturated rings. The number of alkyl halides is 2. The minimum atomic E-state index is -2.61. The summed E-state index contributed by atoms with van der Waals surface area (Å²) in [5, 5.41) is 17.1. The quantitative estimate of drug-likeness (QED) is 0.593. The van der Waals surface area contributed by atoms with Crippen molar-refractivity contribution in [2.75, 3.05) is 0 Å². The molecule has 0 spiro atoms. The first kappa shape index (κ1) is 21.6. The largest absolute Gasteiger partial charge is 0.491 e. The topological polar surface area (TPSA) is 65.1 Å². The molecule has 1 aliphatic heterocycles. The van der Waals surface area contributed by atoms with Crippen LogP contribution in [0.2, 0.25) is 0 Å². The van der Waals surface area contributed by atoms with E-state index in [-0.39, 0.29) is 11.9 Å².